The van der Waals surface area contributed by atoms with Gasteiger partial charge in [-0.05, 0) is 6.92 Å². The molecule has 1 N–H and O–H groups in total. The Morgan fingerprint density at radius 1 is 1.29 bits per heavy atom. The van der Waals surface area contributed by atoms with Crippen molar-refractivity contribution >= 4 is 32.3 Å². The number of amides is 2. The van der Waals surface area contributed by atoms with Gasteiger partial charge >= 0.3 is 20.5 Å². The summed E-state index contributed by atoms with van der Waals surface area (Å²) in [5.41, 5.74) is 0. The molecular formula is C9H13FN2O7S2. The Morgan fingerprint density at radius 3 is 2.29 bits per heavy atom. The second kappa shape index (κ2) is 4.88. The molecule has 0 spiro atoms. The topological polar surface area (TPSA) is 129 Å². The zero-order valence-electron chi connectivity index (χ0n) is 10.8. The lowest BCUT2D eigenvalue weighted by Crippen LogP contribution is -2.71. The largest absolute Gasteiger partial charge is 0.362 e. The molecule has 0 aromatic rings. The van der Waals surface area contributed by atoms with Crippen LogP contribution >= 0.6 is 0 Å². The predicted octanol–water partition coefficient (Wildman–Crippen LogP) is -1.46. The molecule has 2 rings (SSSR count). The molecule has 2 fully saturated rings. The normalized spacial score (nSPS) is 30.7. The Labute approximate surface area is 120 Å². The summed E-state index contributed by atoms with van der Waals surface area (Å²) in [6.07, 6.45) is -0.231. The molecule has 2 aliphatic heterocycles. The molecular weight excluding hydrogens is 331 g/mol. The van der Waals surface area contributed by atoms with Crippen LogP contribution < -0.4 is 0 Å². The molecule has 0 aliphatic carbocycles. The standard InChI is InChI=1S/C9H13FN2O7S2/c1-5-8(9(14)12(5)21(17,18)19)11-3-6(2-7(11)13)4-20(10,15)16/h5-6,8H,2-4H2,1H3,(H,17,18,19)/t5-,6?,8-/m0/s1. The SMILES string of the molecule is C[C@H]1[C@H](N2CC(CS(=O)(=O)F)CC2=O)C(=O)N1S(=O)(=O)O. The molecule has 1 unspecified atom stereocenters. The quantitative estimate of drug-likeness (QED) is 0.375. The van der Waals surface area contributed by atoms with Crippen molar-refractivity contribution in [3.63, 3.8) is 0 Å². The fourth-order valence-electron chi connectivity index (χ4n) is 2.77. The highest BCUT2D eigenvalue weighted by Crippen LogP contribution is 2.32. The molecule has 3 atom stereocenters. The van der Waals surface area contributed by atoms with E-state index in [0.717, 1.165) is 4.90 Å². The van der Waals surface area contributed by atoms with E-state index in [1.807, 2.05) is 0 Å². The van der Waals surface area contributed by atoms with Gasteiger partial charge in [-0.1, -0.05) is 0 Å². The molecule has 2 aliphatic rings. The highest BCUT2D eigenvalue weighted by Gasteiger charge is 2.56. The summed E-state index contributed by atoms with van der Waals surface area (Å²) in [5, 5.41) is 0. The van der Waals surface area contributed by atoms with Crippen molar-refractivity contribution in [3.8, 4) is 0 Å². The maximum atomic E-state index is 12.6. The third-order valence-corrected chi connectivity index (χ3v) is 5.43. The number of likely N-dealkylation sites (tertiary alicyclic amines) is 1. The number of carbonyl (C=O) groups excluding carboxylic acids is 2. The summed E-state index contributed by atoms with van der Waals surface area (Å²) < 4.78 is 64.8. The lowest BCUT2D eigenvalue weighted by molar-refractivity contribution is -0.154. The first kappa shape index (κ1) is 16.1. The van der Waals surface area contributed by atoms with Crippen molar-refractivity contribution in [2.24, 2.45) is 5.92 Å². The molecule has 120 valence electrons. The van der Waals surface area contributed by atoms with Gasteiger partial charge in [0.05, 0.1) is 11.8 Å². The van der Waals surface area contributed by atoms with Crippen molar-refractivity contribution in [2.45, 2.75) is 25.4 Å². The first-order valence-corrected chi connectivity index (χ1v) is 8.89. The summed E-state index contributed by atoms with van der Waals surface area (Å²) in [6.45, 7) is 1.17. The molecule has 2 heterocycles. The van der Waals surface area contributed by atoms with Crippen molar-refractivity contribution in [1.82, 2.24) is 9.21 Å². The van der Waals surface area contributed by atoms with Gasteiger partial charge in [0.25, 0.3) is 5.91 Å². The zero-order chi connectivity index (χ0) is 16.2. The maximum absolute atomic E-state index is 12.6. The minimum atomic E-state index is -4.74. The number of halogens is 1. The Hall–Kier alpha value is -1.27. The molecule has 21 heavy (non-hydrogen) atoms. The van der Waals surface area contributed by atoms with Crippen LogP contribution in [0.25, 0.3) is 0 Å². The van der Waals surface area contributed by atoms with Crippen molar-refractivity contribution < 1.29 is 34.9 Å². The Morgan fingerprint density at radius 2 is 1.86 bits per heavy atom. The first-order chi connectivity index (χ1) is 9.42. The summed E-state index contributed by atoms with van der Waals surface area (Å²) in [7, 11) is -9.44. The van der Waals surface area contributed by atoms with Gasteiger partial charge in [-0.15, -0.1) is 3.89 Å². The highest BCUT2D eigenvalue weighted by molar-refractivity contribution is 7.86. The van der Waals surface area contributed by atoms with Crippen LogP contribution in [0.3, 0.4) is 0 Å². The van der Waals surface area contributed by atoms with E-state index in [1.54, 1.807) is 0 Å². The summed E-state index contributed by atoms with van der Waals surface area (Å²) in [6, 6.07) is -2.05. The van der Waals surface area contributed by atoms with Crippen molar-refractivity contribution in [2.75, 3.05) is 12.3 Å². The Kier molecular flexibility index (Phi) is 3.74. The minimum absolute atomic E-state index is 0.151. The minimum Gasteiger partial charge on any atom is -0.328 e. The fourth-order valence-corrected chi connectivity index (χ4v) is 4.43. The zero-order valence-corrected chi connectivity index (χ0v) is 12.5. The maximum Gasteiger partial charge on any atom is 0.362 e. The van der Waals surface area contributed by atoms with E-state index in [9.17, 15) is 30.3 Å². The van der Waals surface area contributed by atoms with E-state index in [1.165, 1.54) is 6.92 Å². The van der Waals surface area contributed by atoms with Gasteiger partial charge < -0.3 is 4.90 Å². The third kappa shape index (κ3) is 3.01. The number of hydrogen-bond donors (Lipinski definition) is 1. The van der Waals surface area contributed by atoms with Crippen LogP contribution in [0.5, 0.6) is 0 Å². The molecule has 0 aromatic carbocycles. The van der Waals surface area contributed by atoms with E-state index in [-0.39, 0.29) is 17.3 Å². The molecule has 0 aromatic heterocycles. The number of nitrogens with zero attached hydrogens (tertiary/aromatic N) is 2. The fraction of sp³-hybridized carbons (Fsp3) is 0.778. The molecule has 0 bridgehead atoms. The smallest absolute Gasteiger partial charge is 0.328 e. The third-order valence-electron chi connectivity index (χ3n) is 3.55. The number of β-lactam (4-membered cyclic amide) rings is 1. The number of rotatable bonds is 4. The predicted molar refractivity (Wildman–Crippen MR) is 66.4 cm³/mol. The average molecular weight is 344 g/mol. The van der Waals surface area contributed by atoms with E-state index < -0.39 is 56.1 Å². The average Bonchev–Trinajstić information content (AvgIpc) is 2.54. The van der Waals surface area contributed by atoms with E-state index in [2.05, 4.69) is 0 Å². The van der Waals surface area contributed by atoms with E-state index >= 15 is 0 Å². The summed E-state index contributed by atoms with van der Waals surface area (Å²) in [5.74, 6) is -3.13. The Bertz CT molecular complexity index is 689. The van der Waals surface area contributed by atoms with E-state index in [4.69, 9.17) is 4.55 Å². The van der Waals surface area contributed by atoms with Gasteiger partial charge in [-0.25, -0.2) is 4.31 Å². The van der Waals surface area contributed by atoms with Gasteiger partial charge in [0.1, 0.15) is 6.04 Å². The van der Waals surface area contributed by atoms with Crippen LogP contribution in [0.4, 0.5) is 3.89 Å². The van der Waals surface area contributed by atoms with E-state index in [0.29, 0.717) is 0 Å². The molecule has 12 heteroatoms. The highest BCUT2D eigenvalue weighted by atomic mass is 32.3. The van der Waals surface area contributed by atoms with Crippen LogP contribution in [0.2, 0.25) is 0 Å². The first-order valence-electron chi connectivity index (χ1n) is 5.94. The van der Waals surface area contributed by atoms with Crippen LogP contribution in [0.1, 0.15) is 13.3 Å². The summed E-state index contributed by atoms with van der Waals surface area (Å²) in [4.78, 5) is 24.6. The van der Waals surface area contributed by atoms with Crippen molar-refractivity contribution in [3.05, 3.63) is 0 Å². The lowest BCUT2D eigenvalue weighted by Gasteiger charge is -2.46. The van der Waals surface area contributed by atoms with Gasteiger partial charge in [0.2, 0.25) is 5.91 Å². The van der Waals surface area contributed by atoms with Crippen LogP contribution in [-0.2, 0) is 30.1 Å². The lowest BCUT2D eigenvalue weighted by atomic mass is 9.99. The van der Waals surface area contributed by atoms with Gasteiger partial charge in [-0.2, -0.15) is 16.8 Å². The molecule has 0 saturated carbocycles. The monoisotopic (exact) mass is 344 g/mol. The van der Waals surface area contributed by atoms with Gasteiger partial charge in [0.15, 0.2) is 0 Å². The Balaban J connectivity index is 2.11. The number of carbonyl (C=O) groups is 2. The van der Waals surface area contributed by atoms with Gasteiger partial charge in [-0.3, -0.25) is 14.1 Å². The van der Waals surface area contributed by atoms with Crippen LogP contribution in [-0.4, -0.2) is 66.8 Å². The number of hydrogen-bond acceptors (Lipinski definition) is 6. The second-order valence-electron chi connectivity index (χ2n) is 5.12. The van der Waals surface area contributed by atoms with Crippen molar-refractivity contribution in [1.29, 1.82) is 0 Å². The molecule has 2 saturated heterocycles. The molecule has 9 nitrogen and oxygen atoms in total. The van der Waals surface area contributed by atoms with Crippen LogP contribution in [0.15, 0.2) is 0 Å². The second-order valence-corrected chi connectivity index (χ2v) is 7.82. The van der Waals surface area contributed by atoms with Crippen LogP contribution in [0, 0.1) is 5.92 Å². The molecule has 0 radical (unpaired) electrons. The van der Waals surface area contributed by atoms with Gasteiger partial charge in [0, 0.05) is 18.9 Å². The molecule has 2 amide bonds. The summed E-state index contributed by atoms with van der Waals surface area (Å²) >= 11 is 0.